The zero-order valence-corrected chi connectivity index (χ0v) is 20.2. The summed E-state index contributed by atoms with van der Waals surface area (Å²) >= 11 is 0. The van der Waals surface area contributed by atoms with E-state index >= 15 is 0 Å². The average Bonchev–Trinajstić information content (AvgIpc) is 2.82. The van der Waals surface area contributed by atoms with Crippen LogP contribution in [0.25, 0.3) is 0 Å². The Labute approximate surface area is 204 Å². The highest BCUT2D eigenvalue weighted by atomic mass is 16.1. The number of anilines is 1. The molecule has 0 fully saturated rings. The van der Waals surface area contributed by atoms with Crippen molar-refractivity contribution in [3.8, 4) is 0 Å². The van der Waals surface area contributed by atoms with Crippen LogP contribution in [-0.2, 0) is 19.5 Å². The minimum Gasteiger partial charge on any atom is -0.384 e. The first-order valence-electron chi connectivity index (χ1n) is 11.5. The van der Waals surface area contributed by atoms with Crippen LogP contribution >= 0.6 is 0 Å². The number of nitrogens with one attached hydrogen (secondary N) is 1. The molecule has 3 aromatic heterocycles. The molecule has 0 atom stereocenters. The number of amides is 1. The second-order valence-electron chi connectivity index (χ2n) is 8.76. The van der Waals surface area contributed by atoms with E-state index in [0.29, 0.717) is 30.9 Å². The predicted molar refractivity (Wildman–Crippen MR) is 137 cm³/mol. The monoisotopic (exact) mass is 467 g/mol. The van der Waals surface area contributed by atoms with E-state index in [9.17, 15) is 9.59 Å². The number of aryl methyl sites for hydroxylation is 3. The first-order valence-corrected chi connectivity index (χ1v) is 11.5. The number of carbonyl (C=O) groups excluding carboxylic acids is 1. The van der Waals surface area contributed by atoms with Crippen molar-refractivity contribution in [3.05, 3.63) is 122 Å². The van der Waals surface area contributed by atoms with Crippen molar-refractivity contribution in [1.29, 1.82) is 0 Å². The van der Waals surface area contributed by atoms with E-state index < -0.39 is 0 Å². The summed E-state index contributed by atoms with van der Waals surface area (Å²) in [6.07, 6.45) is 4.06. The van der Waals surface area contributed by atoms with Gasteiger partial charge >= 0.3 is 0 Å². The largest absolute Gasteiger partial charge is 0.384 e. The Kier molecular flexibility index (Phi) is 7.06. The van der Waals surface area contributed by atoms with Crippen molar-refractivity contribution in [2.24, 2.45) is 0 Å². The second-order valence-corrected chi connectivity index (χ2v) is 8.76. The molecule has 3 heterocycles. The molecule has 7 heteroatoms. The van der Waals surface area contributed by atoms with Crippen LogP contribution in [0, 0.1) is 20.8 Å². The molecule has 0 aliphatic carbocycles. The fourth-order valence-corrected chi connectivity index (χ4v) is 4.09. The van der Waals surface area contributed by atoms with Gasteiger partial charge in [0.05, 0.1) is 6.54 Å². The highest BCUT2D eigenvalue weighted by Gasteiger charge is 2.11. The minimum absolute atomic E-state index is 0.0221. The number of benzene rings is 1. The standard InChI is InChI=1S/C28H29N5O2/c1-18-5-4-12-33(28(18)35)17-22-8-6-21(7-9-22)14-24-15-23(10-11-30-24)27(34)31-16-25-19(2)13-26(29)32-20(25)3/h4-13,15H,14,16-17H2,1-3H3,(H2,29,32)(H,31,34). The van der Waals surface area contributed by atoms with Gasteiger partial charge in [0.15, 0.2) is 0 Å². The van der Waals surface area contributed by atoms with Crippen LogP contribution in [0.3, 0.4) is 0 Å². The van der Waals surface area contributed by atoms with Crippen molar-refractivity contribution in [1.82, 2.24) is 19.9 Å². The number of nitrogen functional groups attached to an aromatic ring is 1. The fourth-order valence-electron chi connectivity index (χ4n) is 4.09. The topological polar surface area (TPSA) is 103 Å². The van der Waals surface area contributed by atoms with E-state index in [2.05, 4.69) is 15.3 Å². The van der Waals surface area contributed by atoms with Gasteiger partial charge in [-0.15, -0.1) is 0 Å². The molecule has 1 aromatic carbocycles. The van der Waals surface area contributed by atoms with Crippen LogP contribution in [0.4, 0.5) is 5.82 Å². The molecule has 0 bridgehead atoms. The number of aromatic nitrogens is 3. The van der Waals surface area contributed by atoms with E-state index in [0.717, 1.165) is 39.2 Å². The zero-order chi connectivity index (χ0) is 24.9. The number of hydrogen-bond acceptors (Lipinski definition) is 5. The van der Waals surface area contributed by atoms with Gasteiger partial charge in [-0.1, -0.05) is 30.3 Å². The zero-order valence-electron chi connectivity index (χ0n) is 20.2. The number of rotatable bonds is 7. The third kappa shape index (κ3) is 5.81. The Morgan fingerprint density at radius 1 is 1.00 bits per heavy atom. The molecule has 0 aliphatic rings. The third-order valence-corrected chi connectivity index (χ3v) is 6.05. The van der Waals surface area contributed by atoms with E-state index in [1.54, 1.807) is 23.0 Å². The molecule has 178 valence electrons. The Morgan fingerprint density at radius 3 is 2.49 bits per heavy atom. The van der Waals surface area contributed by atoms with E-state index in [-0.39, 0.29) is 11.5 Å². The maximum absolute atomic E-state index is 12.8. The highest BCUT2D eigenvalue weighted by Crippen LogP contribution is 2.15. The van der Waals surface area contributed by atoms with Gasteiger partial charge in [-0.25, -0.2) is 4.98 Å². The molecule has 0 saturated heterocycles. The second kappa shape index (κ2) is 10.3. The lowest BCUT2D eigenvalue weighted by Gasteiger charge is -2.12. The van der Waals surface area contributed by atoms with E-state index in [4.69, 9.17) is 5.73 Å². The Hall–Kier alpha value is -4.26. The van der Waals surface area contributed by atoms with Crippen LogP contribution < -0.4 is 16.6 Å². The smallest absolute Gasteiger partial charge is 0.253 e. The van der Waals surface area contributed by atoms with E-state index in [1.165, 1.54) is 0 Å². The van der Waals surface area contributed by atoms with Crippen LogP contribution in [-0.4, -0.2) is 20.4 Å². The number of nitrogens with two attached hydrogens (primary N) is 1. The lowest BCUT2D eigenvalue weighted by atomic mass is 10.1. The van der Waals surface area contributed by atoms with Crippen molar-refractivity contribution >= 4 is 11.7 Å². The van der Waals surface area contributed by atoms with Gasteiger partial charge in [0, 0.05) is 47.9 Å². The summed E-state index contributed by atoms with van der Waals surface area (Å²) in [5, 5.41) is 2.97. The van der Waals surface area contributed by atoms with Gasteiger partial charge in [-0.05, 0) is 67.3 Å². The summed E-state index contributed by atoms with van der Waals surface area (Å²) in [7, 11) is 0. The number of hydrogen-bond donors (Lipinski definition) is 2. The molecule has 35 heavy (non-hydrogen) atoms. The highest BCUT2D eigenvalue weighted by molar-refractivity contribution is 5.94. The summed E-state index contributed by atoms with van der Waals surface area (Å²) < 4.78 is 1.71. The molecular formula is C28H29N5O2. The van der Waals surface area contributed by atoms with Crippen molar-refractivity contribution in [2.45, 2.75) is 40.3 Å². The lowest BCUT2D eigenvalue weighted by Crippen LogP contribution is -2.24. The van der Waals surface area contributed by atoms with Crippen molar-refractivity contribution < 1.29 is 4.79 Å². The molecule has 7 nitrogen and oxygen atoms in total. The molecule has 0 aliphatic heterocycles. The molecule has 0 unspecified atom stereocenters. The van der Waals surface area contributed by atoms with Gasteiger partial charge in [-0.3, -0.25) is 14.6 Å². The van der Waals surface area contributed by atoms with Gasteiger partial charge in [0.25, 0.3) is 11.5 Å². The number of carbonyl (C=O) groups is 1. The summed E-state index contributed by atoms with van der Waals surface area (Å²) in [5.41, 5.74) is 12.8. The summed E-state index contributed by atoms with van der Waals surface area (Å²) in [6.45, 7) is 6.58. The summed E-state index contributed by atoms with van der Waals surface area (Å²) in [4.78, 5) is 33.7. The minimum atomic E-state index is -0.164. The molecule has 0 spiro atoms. The quantitative estimate of drug-likeness (QED) is 0.431. The molecule has 4 aromatic rings. The third-order valence-electron chi connectivity index (χ3n) is 6.05. The maximum atomic E-state index is 12.8. The van der Waals surface area contributed by atoms with Gasteiger partial charge in [0.2, 0.25) is 0 Å². The number of nitrogens with zero attached hydrogens (tertiary/aromatic N) is 3. The van der Waals surface area contributed by atoms with Crippen LogP contribution in [0.15, 0.2) is 71.8 Å². The Morgan fingerprint density at radius 2 is 1.74 bits per heavy atom. The Bertz CT molecular complexity index is 1400. The van der Waals surface area contributed by atoms with E-state index in [1.807, 2.05) is 69.3 Å². The first kappa shape index (κ1) is 23.9. The fraction of sp³-hybridized carbons (Fsp3) is 0.214. The predicted octanol–water partition coefficient (Wildman–Crippen LogP) is 3.71. The maximum Gasteiger partial charge on any atom is 0.253 e. The number of pyridine rings is 3. The molecule has 0 saturated carbocycles. The van der Waals surface area contributed by atoms with Gasteiger partial charge in [-0.2, -0.15) is 0 Å². The van der Waals surface area contributed by atoms with Crippen molar-refractivity contribution in [2.75, 3.05) is 5.73 Å². The van der Waals surface area contributed by atoms with Gasteiger partial charge in [0.1, 0.15) is 5.82 Å². The Balaban J connectivity index is 1.40. The molecule has 3 N–H and O–H groups in total. The average molecular weight is 468 g/mol. The van der Waals surface area contributed by atoms with Crippen molar-refractivity contribution in [3.63, 3.8) is 0 Å². The van der Waals surface area contributed by atoms with Crippen LogP contribution in [0.1, 0.15) is 49.6 Å². The first-order chi connectivity index (χ1) is 16.8. The van der Waals surface area contributed by atoms with Crippen LogP contribution in [0.5, 0.6) is 0 Å². The molecule has 4 rings (SSSR count). The molecule has 0 radical (unpaired) electrons. The summed E-state index contributed by atoms with van der Waals surface area (Å²) in [5.74, 6) is 0.314. The molecule has 1 amide bonds. The summed E-state index contributed by atoms with van der Waals surface area (Å²) in [6, 6.07) is 17.1. The lowest BCUT2D eigenvalue weighted by molar-refractivity contribution is 0.0950. The normalized spacial score (nSPS) is 10.8. The SMILES string of the molecule is Cc1cc(N)nc(C)c1CNC(=O)c1ccnc(Cc2ccc(Cn3cccc(C)c3=O)cc2)c1. The van der Waals surface area contributed by atoms with Crippen LogP contribution in [0.2, 0.25) is 0 Å². The molecular weight excluding hydrogens is 438 g/mol. The van der Waals surface area contributed by atoms with Gasteiger partial charge < -0.3 is 15.6 Å².